The van der Waals surface area contributed by atoms with Gasteiger partial charge in [-0.15, -0.1) is 0 Å². The molecule has 4 amide bonds. The lowest BCUT2D eigenvalue weighted by Crippen LogP contribution is -2.42. The van der Waals surface area contributed by atoms with Crippen LogP contribution in [0.15, 0.2) is 66.7 Å². The van der Waals surface area contributed by atoms with Crippen LogP contribution in [0.25, 0.3) is 10.8 Å². The highest BCUT2D eigenvalue weighted by atomic mass is 16.5. The molecule has 152 valence electrons. The van der Waals surface area contributed by atoms with Gasteiger partial charge in [0.25, 0.3) is 5.91 Å². The molecule has 0 bridgehead atoms. The quantitative estimate of drug-likeness (QED) is 0.640. The van der Waals surface area contributed by atoms with Crippen molar-refractivity contribution in [3.05, 3.63) is 72.3 Å². The SMILES string of the molecule is COc1ccc(C2(C)NC(=O)N(CC(=O)Nc3ccc4ccccc4c3)C2=O)cc1. The summed E-state index contributed by atoms with van der Waals surface area (Å²) < 4.78 is 5.13. The molecule has 7 nitrogen and oxygen atoms in total. The average Bonchev–Trinajstić information content (AvgIpc) is 2.97. The number of urea groups is 1. The Kier molecular flexibility index (Phi) is 4.87. The molecule has 0 aromatic heterocycles. The van der Waals surface area contributed by atoms with E-state index in [0.29, 0.717) is 17.0 Å². The third-order valence-corrected chi connectivity index (χ3v) is 5.28. The van der Waals surface area contributed by atoms with Gasteiger partial charge < -0.3 is 15.4 Å². The molecule has 3 aromatic carbocycles. The van der Waals surface area contributed by atoms with Crippen molar-refractivity contribution in [2.45, 2.75) is 12.5 Å². The van der Waals surface area contributed by atoms with Gasteiger partial charge in [0.15, 0.2) is 0 Å². The number of fused-ring (bicyclic) bond motifs is 1. The predicted octanol–water partition coefficient (Wildman–Crippen LogP) is 3.25. The van der Waals surface area contributed by atoms with E-state index >= 15 is 0 Å². The van der Waals surface area contributed by atoms with Gasteiger partial charge >= 0.3 is 6.03 Å². The number of carbonyl (C=O) groups is 3. The molecular formula is C23H21N3O4. The summed E-state index contributed by atoms with van der Waals surface area (Å²) in [5, 5.41) is 7.49. The molecule has 1 atom stereocenters. The molecule has 0 radical (unpaired) electrons. The number of carbonyl (C=O) groups excluding carboxylic acids is 3. The number of hydrogen-bond donors (Lipinski definition) is 2. The first-order valence-corrected chi connectivity index (χ1v) is 9.48. The largest absolute Gasteiger partial charge is 0.497 e. The highest BCUT2D eigenvalue weighted by molar-refractivity contribution is 6.10. The molecule has 0 spiro atoms. The third kappa shape index (κ3) is 3.45. The molecule has 1 saturated heterocycles. The summed E-state index contributed by atoms with van der Waals surface area (Å²) in [7, 11) is 1.55. The van der Waals surface area contributed by atoms with Crippen molar-refractivity contribution in [1.82, 2.24) is 10.2 Å². The second-order valence-corrected chi connectivity index (χ2v) is 7.29. The molecular weight excluding hydrogens is 382 g/mol. The number of ether oxygens (including phenoxy) is 1. The predicted molar refractivity (Wildman–Crippen MR) is 113 cm³/mol. The maximum Gasteiger partial charge on any atom is 0.325 e. The first-order valence-electron chi connectivity index (χ1n) is 9.48. The van der Waals surface area contributed by atoms with Crippen molar-refractivity contribution in [2.75, 3.05) is 19.0 Å². The monoisotopic (exact) mass is 403 g/mol. The Morgan fingerprint density at radius 3 is 2.43 bits per heavy atom. The Bertz CT molecular complexity index is 1140. The van der Waals surface area contributed by atoms with Gasteiger partial charge in [0.2, 0.25) is 5.91 Å². The summed E-state index contributed by atoms with van der Waals surface area (Å²) in [5.74, 6) is -0.287. The summed E-state index contributed by atoms with van der Waals surface area (Å²) in [6.45, 7) is 1.25. The summed E-state index contributed by atoms with van der Waals surface area (Å²) >= 11 is 0. The molecule has 2 N–H and O–H groups in total. The number of rotatable bonds is 5. The number of anilines is 1. The van der Waals surface area contributed by atoms with E-state index in [1.165, 1.54) is 0 Å². The zero-order valence-electron chi connectivity index (χ0n) is 16.6. The van der Waals surface area contributed by atoms with E-state index in [1.54, 1.807) is 44.4 Å². The van der Waals surface area contributed by atoms with Crippen molar-refractivity contribution in [3.63, 3.8) is 0 Å². The van der Waals surface area contributed by atoms with E-state index in [1.807, 2.05) is 36.4 Å². The van der Waals surface area contributed by atoms with E-state index in [9.17, 15) is 14.4 Å². The first-order chi connectivity index (χ1) is 14.4. The normalized spacial score (nSPS) is 18.4. The minimum absolute atomic E-state index is 0.372. The van der Waals surface area contributed by atoms with Crippen LogP contribution in [-0.4, -0.2) is 36.4 Å². The standard InChI is InChI=1S/C23H21N3O4/c1-23(17-8-11-19(30-2)12-9-17)21(28)26(22(29)25-23)14-20(27)24-18-10-7-15-5-3-4-6-16(15)13-18/h3-13H,14H2,1-2H3,(H,24,27)(H,25,29). The van der Waals surface area contributed by atoms with Crippen LogP contribution in [0.3, 0.4) is 0 Å². The first kappa shape index (κ1) is 19.4. The summed E-state index contributed by atoms with van der Waals surface area (Å²) in [5.41, 5.74) is -0.0326. The number of nitrogens with one attached hydrogen (secondary N) is 2. The smallest absolute Gasteiger partial charge is 0.325 e. The van der Waals surface area contributed by atoms with Crippen molar-refractivity contribution in [3.8, 4) is 5.75 Å². The maximum absolute atomic E-state index is 13.0. The Hall–Kier alpha value is -3.87. The number of nitrogens with zero attached hydrogens (tertiary/aromatic N) is 1. The summed E-state index contributed by atoms with van der Waals surface area (Å²) in [6.07, 6.45) is 0. The van der Waals surface area contributed by atoms with E-state index in [-0.39, 0.29) is 6.54 Å². The van der Waals surface area contributed by atoms with Gasteiger partial charge in [0.1, 0.15) is 17.8 Å². The highest BCUT2D eigenvalue weighted by Gasteiger charge is 2.49. The van der Waals surface area contributed by atoms with Gasteiger partial charge in [-0.25, -0.2) is 4.79 Å². The molecule has 30 heavy (non-hydrogen) atoms. The minimum atomic E-state index is -1.24. The van der Waals surface area contributed by atoms with Crippen LogP contribution in [-0.2, 0) is 15.1 Å². The lowest BCUT2D eigenvalue weighted by molar-refractivity contribution is -0.133. The lowest BCUT2D eigenvalue weighted by atomic mass is 9.92. The zero-order valence-corrected chi connectivity index (χ0v) is 16.6. The fourth-order valence-corrected chi connectivity index (χ4v) is 3.57. The van der Waals surface area contributed by atoms with E-state index in [4.69, 9.17) is 4.74 Å². The number of hydrogen-bond acceptors (Lipinski definition) is 4. The van der Waals surface area contributed by atoms with E-state index < -0.39 is 23.4 Å². The van der Waals surface area contributed by atoms with Gasteiger partial charge in [-0.1, -0.05) is 42.5 Å². The third-order valence-electron chi connectivity index (χ3n) is 5.28. The molecule has 1 aliphatic rings. The Labute approximate surface area is 173 Å². The van der Waals surface area contributed by atoms with Crippen molar-refractivity contribution in [1.29, 1.82) is 0 Å². The Balaban J connectivity index is 1.48. The van der Waals surface area contributed by atoms with Gasteiger partial charge in [-0.2, -0.15) is 0 Å². The van der Waals surface area contributed by atoms with Gasteiger partial charge in [0, 0.05) is 5.69 Å². The molecule has 1 fully saturated rings. The van der Waals surface area contributed by atoms with E-state index in [0.717, 1.165) is 15.7 Å². The van der Waals surface area contributed by atoms with E-state index in [2.05, 4.69) is 10.6 Å². The number of imide groups is 1. The van der Waals surface area contributed by atoms with Crippen molar-refractivity contribution in [2.24, 2.45) is 0 Å². The maximum atomic E-state index is 13.0. The fourth-order valence-electron chi connectivity index (χ4n) is 3.57. The molecule has 4 rings (SSSR count). The molecule has 1 unspecified atom stereocenters. The molecule has 1 aliphatic heterocycles. The minimum Gasteiger partial charge on any atom is -0.497 e. The summed E-state index contributed by atoms with van der Waals surface area (Å²) in [6, 6.07) is 19.6. The number of benzene rings is 3. The van der Waals surface area contributed by atoms with Gasteiger partial charge in [-0.3, -0.25) is 14.5 Å². The molecule has 0 aliphatic carbocycles. The van der Waals surface area contributed by atoms with Crippen LogP contribution in [0.2, 0.25) is 0 Å². The zero-order chi connectivity index (χ0) is 21.3. The molecule has 0 saturated carbocycles. The second-order valence-electron chi connectivity index (χ2n) is 7.29. The van der Waals surface area contributed by atoms with Crippen LogP contribution >= 0.6 is 0 Å². The van der Waals surface area contributed by atoms with Crippen molar-refractivity contribution >= 4 is 34.3 Å². The van der Waals surface area contributed by atoms with Gasteiger partial charge in [0.05, 0.1) is 7.11 Å². The lowest BCUT2D eigenvalue weighted by Gasteiger charge is -2.22. The number of amides is 4. The van der Waals surface area contributed by atoms with Crippen LogP contribution in [0.4, 0.5) is 10.5 Å². The molecule has 7 heteroatoms. The van der Waals surface area contributed by atoms with Crippen LogP contribution in [0.5, 0.6) is 5.75 Å². The van der Waals surface area contributed by atoms with Crippen LogP contribution in [0.1, 0.15) is 12.5 Å². The van der Waals surface area contributed by atoms with Crippen LogP contribution < -0.4 is 15.4 Å². The fraction of sp³-hybridized carbons (Fsp3) is 0.174. The molecule has 1 heterocycles. The van der Waals surface area contributed by atoms with Crippen molar-refractivity contribution < 1.29 is 19.1 Å². The molecule has 3 aromatic rings. The highest BCUT2D eigenvalue weighted by Crippen LogP contribution is 2.30. The second kappa shape index (κ2) is 7.51. The topological polar surface area (TPSA) is 87.7 Å². The Morgan fingerprint density at radius 1 is 1.03 bits per heavy atom. The van der Waals surface area contributed by atoms with Gasteiger partial charge in [-0.05, 0) is 47.5 Å². The average molecular weight is 403 g/mol. The number of methoxy groups -OCH3 is 1. The van der Waals surface area contributed by atoms with Crippen LogP contribution in [0, 0.1) is 0 Å². The Morgan fingerprint density at radius 2 is 1.73 bits per heavy atom. The summed E-state index contributed by atoms with van der Waals surface area (Å²) in [4.78, 5) is 38.9.